The number of anilines is 1. The molecule has 0 saturated heterocycles. The predicted octanol–water partition coefficient (Wildman–Crippen LogP) is 4.97. The number of nitrogens with one attached hydrogen (secondary N) is 1. The summed E-state index contributed by atoms with van der Waals surface area (Å²) in [6.07, 6.45) is 0. The Balaban J connectivity index is 2.11. The lowest BCUT2D eigenvalue weighted by Crippen LogP contribution is -2.01. The summed E-state index contributed by atoms with van der Waals surface area (Å²) in [5, 5.41) is 3.24. The van der Waals surface area contributed by atoms with Crippen LogP contribution < -0.4 is 10.1 Å². The van der Waals surface area contributed by atoms with Gasteiger partial charge in [0.15, 0.2) is 0 Å². The topological polar surface area (TPSA) is 21.3 Å². The van der Waals surface area contributed by atoms with Crippen molar-refractivity contribution in [3.05, 3.63) is 56.7 Å². The van der Waals surface area contributed by atoms with E-state index in [9.17, 15) is 4.39 Å². The third-order valence-corrected chi connectivity index (χ3v) is 4.04. The molecule has 1 N–H and O–H groups in total. The van der Waals surface area contributed by atoms with Crippen LogP contribution in [0.25, 0.3) is 0 Å². The largest absolute Gasteiger partial charge is 0.497 e. The molecular formula is C14H12Br2FNO. The fraction of sp³-hybridized carbons (Fsp3) is 0.143. The minimum absolute atomic E-state index is 0.270. The second kappa shape index (κ2) is 6.39. The van der Waals surface area contributed by atoms with Gasteiger partial charge in [0, 0.05) is 16.7 Å². The van der Waals surface area contributed by atoms with Crippen molar-refractivity contribution >= 4 is 37.5 Å². The highest BCUT2D eigenvalue weighted by Gasteiger charge is 2.04. The highest BCUT2D eigenvalue weighted by atomic mass is 79.9. The first kappa shape index (κ1) is 14.3. The zero-order valence-electron chi connectivity index (χ0n) is 10.2. The van der Waals surface area contributed by atoms with Crippen LogP contribution in [0.2, 0.25) is 0 Å². The lowest BCUT2D eigenvalue weighted by molar-refractivity contribution is 0.414. The van der Waals surface area contributed by atoms with Gasteiger partial charge in [-0.05, 0) is 57.9 Å². The van der Waals surface area contributed by atoms with E-state index in [2.05, 4.69) is 37.2 Å². The molecule has 2 aromatic carbocycles. The molecule has 0 radical (unpaired) electrons. The smallest absolute Gasteiger partial charge is 0.137 e. The van der Waals surface area contributed by atoms with Crippen molar-refractivity contribution in [2.24, 2.45) is 0 Å². The van der Waals surface area contributed by atoms with Crippen LogP contribution in [-0.2, 0) is 6.54 Å². The molecule has 100 valence electrons. The maximum absolute atomic E-state index is 13.1. The van der Waals surface area contributed by atoms with Gasteiger partial charge < -0.3 is 10.1 Å². The lowest BCUT2D eigenvalue weighted by atomic mass is 10.2. The van der Waals surface area contributed by atoms with E-state index in [1.807, 2.05) is 18.2 Å². The molecule has 2 nitrogen and oxygen atoms in total. The van der Waals surface area contributed by atoms with E-state index >= 15 is 0 Å². The second-order valence-corrected chi connectivity index (χ2v) is 5.65. The fourth-order valence-corrected chi connectivity index (χ4v) is 2.38. The van der Waals surface area contributed by atoms with Gasteiger partial charge in [-0.15, -0.1) is 0 Å². The first-order chi connectivity index (χ1) is 9.10. The monoisotopic (exact) mass is 387 g/mol. The van der Waals surface area contributed by atoms with Gasteiger partial charge in [-0.2, -0.15) is 0 Å². The molecule has 2 rings (SSSR count). The van der Waals surface area contributed by atoms with Gasteiger partial charge in [-0.1, -0.05) is 15.9 Å². The zero-order chi connectivity index (χ0) is 13.8. The van der Waals surface area contributed by atoms with E-state index in [1.165, 1.54) is 6.07 Å². The molecular weight excluding hydrogens is 377 g/mol. The average Bonchev–Trinajstić information content (AvgIpc) is 2.41. The summed E-state index contributed by atoms with van der Waals surface area (Å²) in [6.45, 7) is 0.621. The van der Waals surface area contributed by atoms with Crippen LogP contribution in [0.5, 0.6) is 5.75 Å². The van der Waals surface area contributed by atoms with E-state index in [-0.39, 0.29) is 5.82 Å². The molecule has 0 aromatic heterocycles. The highest BCUT2D eigenvalue weighted by molar-refractivity contribution is 9.10. The Morgan fingerprint density at radius 3 is 2.58 bits per heavy atom. The Hall–Kier alpha value is -1.07. The van der Waals surface area contributed by atoms with E-state index in [4.69, 9.17) is 4.74 Å². The molecule has 0 aliphatic carbocycles. The SMILES string of the molecule is COc1ccc(Br)c(CNc2ccc(F)c(Br)c2)c1. The molecule has 0 bridgehead atoms. The minimum atomic E-state index is -0.270. The van der Waals surface area contributed by atoms with Crippen molar-refractivity contribution in [1.29, 1.82) is 0 Å². The molecule has 5 heteroatoms. The number of ether oxygens (including phenoxy) is 1. The molecule has 0 fully saturated rings. The van der Waals surface area contributed by atoms with Crippen LogP contribution >= 0.6 is 31.9 Å². The number of rotatable bonds is 4. The molecule has 19 heavy (non-hydrogen) atoms. The fourth-order valence-electron chi connectivity index (χ4n) is 1.62. The van der Waals surface area contributed by atoms with Crippen LogP contribution in [0.1, 0.15) is 5.56 Å². The average molecular weight is 389 g/mol. The summed E-state index contributed by atoms with van der Waals surface area (Å²) in [7, 11) is 1.64. The van der Waals surface area contributed by atoms with Gasteiger partial charge in [0.25, 0.3) is 0 Å². The minimum Gasteiger partial charge on any atom is -0.497 e. The second-order valence-electron chi connectivity index (χ2n) is 3.94. The summed E-state index contributed by atoms with van der Waals surface area (Å²) < 4.78 is 19.8. The Kier molecular flexibility index (Phi) is 4.82. The van der Waals surface area contributed by atoms with Crippen LogP contribution in [-0.4, -0.2) is 7.11 Å². The molecule has 0 amide bonds. The Bertz CT molecular complexity index is 590. The molecule has 0 unspecified atom stereocenters. The van der Waals surface area contributed by atoms with E-state index in [0.717, 1.165) is 21.5 Å². The van der Waals surface area contributed by atoms with Gasteiger partial charge in [-0.3, -0.25) is 0 Å². The molecule has 0 spiro atoms. The Morgan fingerprint density at radius 1 is 1.11 bits per heavy atom. The predicted molar refractivity (Wildman–Crippen MR) is 82.1 cm³/mol. The Labute approximate surface area is 128 Å². The number of halogens is 3. The van der Waals surface area contributed by atoms with E-state index in [1.54, 1.807) is 19.2 Å². The molecule has 0 aliphatic rings. The van der Waals surface area contributed by atoms with Gasteiger partial charge in [0.05, 0.1) is 11.6 Å². The van der Waals surface area contributed by atoms with E-state index < -0.39 is 0 Å². The summed E-state index contributed by atoms with van der Waals surface area (Å²) in [5.41, 5.74) is 1.92. The van der Waals surface area contributed by atoms with Gasteiger partial charge in [0.2, 0.25) is 0 Å². The molecule has 2 aromatic rings. The number of hydrogen-bond acceptors (Lipinski definition) is 2. The third kappa shape index (κ3) is 3.70. The maximum atomic E-state index is 13.1. The summed E-state index contributed by atoms with van der Waals surface area (Å²) in [6, 6.07) is 10.6. The molecule has 0 heterocycles. The van der Waals surface area contributed by atoms with Crippen molar-refractivity contribution in [2.75, 3.05) is 12.4 Å². The third-order valence-electron chi connectivity index (χ3n) is 2.66. The molecule has 0 aliphatic heterocycles. The summed E-state index contributed by atoms with van der Waals surface area (Å²) in [4.78, 5) is 0. The van der Waals surface area contributed by atoms with Crippen molar-refractivity contribution in [1.82, 2.24) is 0 Å². The summed E-state index contributed by atoms with van der Waals surface area (Å²) >= 11 is 6.66. The Morgan fingerprint density at radius 2 is 1.89 bits per heavy atom. The number of hydrogen-bond donors (Lipinski definition) is 1. The zero-order valence-corrected chi connectivity index (χ0v) is 13.4. The first-order valence-corrected chi connectivity index (χ1v) is 7.20. The van der Waals surface area contributed by atoms with Crippen LogP contribution in [0.4, 0.5) is 10.1 Å². The van der Waals surface area contributed by atoms with Crippen LogP contribution in [0.15, 0.2) is 45.3 Å². The first-order valence-electron chi connectivity index (χ1n) is 5.61. The highest BCUT2D eigenvalue weighted by Crippen LogP contribution is 2.25. The van der Waals surface area contributed by atoms with Gasteiger partial charge >= 0.3 is 0 Å². The van der Waals surface area contributed by atoms with E-state index in [0.29, 0.717) is 11.0 Å². The van der Waals surface area contributed by atoms with Crippen molar-refractivity contribution in [3.63, 3.8) is 0 Å². The molecule has 0 atom stereocenters. The number of methoxy groups -OCH3 is 1. The van der Waals surface area contributed by atoms with Crippen LogP contribution in [0.3, 0.4) is 0 Å². The quantitative estimate of drug-likeness (QED) is 0.798. The lowest BCUT2D eigenvalue weighted by Gasteiger charge is -2.10. The van der Waals surface area contributed by atoms with Crippen LogP contribution in [0, 0.1) is 5.82 Å². The normalized spacial score (nSPS) is 10.3. The molecule has 0 saturated carbocycles. The maximum Gasteiger partial charge on any atom is 0.137 e. The van der Waals surface area contributed by atoms with Gasteiger partial charge in [-0.25, -0.2) is 4.39 Å². The van der Waals surface area contributed by atoms with Crippen molar-refractivity contribution < 1.29 is 9.13 Å². The standard InChI is InChI=1S/C14H12Br2FNO/c1-19-11-3-4-12(15)9(6-11)8-18-10-2-5-14(17)13(16)7-10/h2-7,18H,8H2,1H3. The van der Waals surface area contributed by atoms with Crippen molar-refractivity contribution in [3.8, 4) is 5.75 Å². The van der Waals surface area contributed by atoms with Gasteiger partial charge in [0.1, 0.15) is 11.6 Å². The summed E-state index contributed by atoms with van der Waals surface area (Å²) in [5.74, 6) is 0.536. The van der Waals surface area contributed by atoms with Crippen molar-refractivity contribution in [2.45, 2.75) is 6.54 Å². The number of benzene rings is 2.